The minimum Gasteiger partial charge on any atom is -0.394 e. The minimum atomic E-state index is -1.33. The first-order valence-corrected chi connectivity index (χ1v) is 6.42. The van der Waals surface area contributed by atoms with Crippen LogP contribution in [0, 0.1) is 27.7 Å². The van der Waals surface area contributed by atoms with E-state index in [1.165, 1.54) is 4.90 Å². The van der Waals surface area contributed by atoms with Gasteiger partial charge in [-0.15, -0.1) is 0 Å². The van der Waals surface area contributed by atoms with Crippen molar-refractivity contribution in [1.82, 2.24) is 4.90 Å². The number of hydrogen-bond acceptors (Lipinski definition) is 4. The number of carbonyl (C=O) groups is 1. The van der Waals surface area contributed by atoms with Crippen LogP contribution in [0.25, 0.3) is 0 Å². The normalized spacial score (nSPS) is 21.6. The van der Waals surface area contributed by atoms with Crippen molar-refractivity contribution in [3.63, 3.8) is 0 Å². The molecule has 1 aromatic rings. The molecule has 1 fully saturated rings. The Morgan fingerprint density at radius 1 is 1.48 bits per heavy atom. The fourth-order valence-electron chi connectivity index (χ4n) is 2.53. The molecule has 1 aliphatic rings. The summed E-state index contributed by atoms with van der Waals surface area (Å²) in [4.78, 5) is 23.2. The molecule has 0 radical (unpaired) electrons. The smallest absolute Gasteiger partial charge is 0.305 e. The van der Waals surface area contributed by atoms with Gasteiger partial charge in [-0.05, 0) is 12.3 Å². The molecule has 2 rings (SSSR count). The van der Waals surface area contributed by atoms with Gasteiger partial charge in [0.25, 0.3) is 5.91 Å². The zero-order valence-electron chi connectivity index (χ0n) is 11.3. The lowest BCUT2D eigenvalue weighted by Crippen LogP contribution is -2.40. The number of amides is 1. The number of hydrogen-bond donors (Lipinski definition) is 1. The van der Waals surface area contributed by atoms with Gasteiger partial charge in [-0.25, -0.2) is 4.39 Å². The van der Waals surface area contributed by atoms with E-state index in [4.69, 9.17) is 0 Å². The van der Waals surface area contributed by atoms with E-state index < -0.39 is 39.8 Å². The molecule has 1 amide bonds. The first kappa shape index (κ1) is 15.3. The van der Waals surface area contributed by atoms with Crippen LogP contribution < -0.4 is 0 Å². The van der Waals surface area contributed by atoms with Crippen LogP contribution in [0.1, 0.15) is 23.7 Å². The largest absolute Gasteiger partial charge is 0.394 e. The van der Waals surface area contributed by atoms with Crippen molar-refractivity contribution in [3.8, 4) is 0 Å². The Labute approximate surface area is 119 Å². The number of aliphatic hydroxyl groups excluding tert-OH is 1. The van der Waals surface area contributed by atoms with Gasteiger partial charge in [-0.3, -0.25) is 14.9 Å². The summed E-state index contributed by atoms with van der Waals surface area (Å²) in [6.07, 6.45) is 0.641. The van der Waals surface area contributed by atoms with Crippen LogP contribution in [-0.2, 0) is 0 Å². The number of carbonyl (C=O) groups excluding carboxylic acids is 1. The summed E-state index contributed by atoms with van der Waals surface area (Å²) in [5, 5.41) is 20.0. The zero-order valence-corrected chi connectivity index (χ0v) is 11.3. The van der Waals surface area contributed by atoms with Crippen LogP contribution >= 0.6 is 0 Å². The van der Waals surface area contributed by atoms with Gasteiger partial charge in [-0.2, -0.15) is 4.39 Å². The van der Waals surface area contributed by atoms with Crippen molar-refractivity contribution >= 4 is 11.6 Å². The maximum atomic E-state index is 13.8. The molecule has 1 aromatic carbocycles. The summed E-state index contributed by atoms with van der Waals surface area (Å²) in [6, 6.07) is 0.462. The third kappa shape index (κ3) is 2.71. The summed E-state index contributed by atoms with van der Waals surface area (Å²) < 4.78 is 27.0. The van der Waals surface area contributed by atoms with Crippen molar-refractivity contribution in [1.29, 1.82) is 0 Å². The van der Waals surface area contributed by atoms with E-state index in [2.05, 4.69) is 0 Å². The number of likely N-dealkylation sites (tertiary alicyclic amines) is 1. The second-order valence-electron chi connectivity index (χ2n) is 5.06. The van der Waals surface area contributed by atoms with Gasteiger partial charge in [-0.1, -0.05) is 6.92 Å². The van der Waals surface area contributed by atoms with Crippen LogP contribution in [0.15, 0.2) is 12.1 Å². The van der Waals surface area contributed by atoms with E-state index in [1.807, 2.05) is 6.92 Å². The van der Waals surface area contributed by atoms with Gasteiger partial charge in [0.1, 0.15) is 5.82 Å². The Hall–Kier alpha value is -2.09. The molecule has 0 spiro atoms. The topological polar surface area (TPSA) is 83.7 Å². The van der Waals surface area contributed by atoms with Gasteiger partial charge in [0.15, 0.2) is 0 Å². The Balaban J connectivity index is 2.40. The predicted octanol–water partition coefficient (Wildman–Crippen LogP) is 1.72. The lowest BCUT2D eigenvalue weighted by atomic mass is 10.0. The van der Waals surface area contributed by atoms with Gasteiger partial charge < -0.3 is 10.0 Å². The van der Waals surface area contributed by atoms with Crippen LogP contribution in [-0.4, -0.2) is 40.0 Å². The van der Waals surface area contributed by atoms with Crippen LogP contribution in [0.3, 0.4) is 0 Å². The summed E-state index contributed by atoms with van der Waals surface area (Å²) in [5.41, 5.74) is -1.51. The maximum absolute atomic E-state index is 13.8. The van der Waals surface area contributed by atoms with Crippen molar-refractivity contribution in [2.45, 2.75) is 19.4 Å². The number of nitrogens with zero attached hydrogens (tertiary/aromatic N) is 2. The average molecular weight is 300 g/mol. The Morgan fingerprint density at radius 2 is 2.14 bits per heavy atom. The summed E-state index contributed by atoms with van der Waals surface area (Å²) in [7, 11) is 0. The van der Waals surface area contributed by atoms with E-state index in [9.17, 15) is 28.8 Å². The highest BCUT2D eigenvalue weighted by Gasteiger charge is 2.36. The second-order valence-corrected chi connectivity index (χ2v) is 5.06. The fraction of sp³-hybridized carbons (Fsp3) is 0.462. The van der Waals surface area contributed by atoms with Gasteiger partial charge >= 0.3 is 5.69 Å². The molecule has 21 heavy (non-hydrogen) atoms. The van der Waals surface area contributed by atoms with Crippen molar-refractivity contribution in [2.24, 2.45) is 5.92 Å². The summed E-state index contributed by atoms with van der Waals surface area (Å²) in [6.45, 7) is 1.88. The van der Waals surface area contributed by atoms with E-state index in [0.29, 0.717) is 25.1 Å². The van der Waals surface area contributed by atoms with Crippen molar-refractivity contribution in [2.75, 3.05) is 13.2 Å². The number of halogens is 2. The molecular formula is C13H14F2N2O4. The summed E-state index contributed by atoms with van der Waals surface area (Å²) in [5.74, 6) is -3.22. The molecule has 0 aromatic heterocycles. The maximum Gasteiger partial charge on any atom is 0.305 e. The highest BCUT2D eigenvalue weighted by Crippen LogP contribution is 2.28. The number of aliphatic hydroxyl groups is 1. The molecule has 0 aliphatic carbocycles. The van der Waals surface area contributed by atoms with E-state index in [-0.39, 0.29) is 12.5 Å². The standard InChI is InChI=1S/C13H14F2N2O4/c1-7-2-3-16(12(7)6-18)13(19)8-4-11(17(20)21)10(15)5-9(8)14/h4-5,7,12,18H,2-3,6H2,1H3. The van der Waals surface area contributed by atoms with Gasteiger partial charge in [0.2, 0.25) is 5.82 Å². The molecule has 0 saturated carbocycles. The Bertz CT molecular complexity index is 594. The lowest BCUT2D eigenvalue weighted by molar-refractivity contribution is -0.387. The second kappa shape index (κ2) is 5.72. The molecule has 1 aliphatic heterocycles. The molecule has 1 N–H and O–H groups in total. The minimum absolute atomic E-state index is 0.0393. The van der Waals surface area contributed by atoms with Crippen LogP contribution in [0.4, 0.5) is 14.5 Å². The molecular weight excluding hydrogens is 286 g/mol. The molecule has 2 unspecified atom stereocenters. The molecule has 0 bridgehead atoms. The van der Waals surface area contributed by atoms with Crippen molar-refractivity contribution in [3.05, 3.63) is 39.4 Å². The van der Waals surface area contributed by atoms with Crippen molar-refractivity contribution < 1.29 is 23.6 Å². The van der Waals surface area contributed by atoms with Crippen LogP contribution in [0.2, 0.25) is 0 Å². The fourth-order valence-corrected chi connectivity index (χ4v) is 2.53. The predicted molar refractivity (Wildman–Crippen MR) is 68.7 cm³/mol. The Morgan fingerprint density at radius 3 is 2.71 bits per heavy atom. The highest BCUT2D eigenvalue weighted by molar-refractivity contribution is 5.95. The molecule has 6 nitrogen and oxygen atoms in total. The van der Waals surface area contributed by atoms with Crippen LogP contribution in [0.5, 0.6) is 0 Å². The van der Waals surface area contributed by atoms with E-state index in [0.717, 1.165) is 0 Å². The number of nitro benzene ring substituents is 1. The molecule has 8 heteroatoms. The SMILES string of the molecule is CC1CCN(C(=O)c2cc([N+](=O)[O-])c(F)cc2F)C1CO. The van der Waals surface area contributed by atoms with E-state index in [1.54, 1.807) is 0 Å². The monoisotopic (exact) mass is 300 g/mol. The third-order valence-electron chi connectivity index (χ3n) is 3.79. The molecule has 1 saturated heterocycles. The lowest BCUT2D eigenvalue weighted by Gasteiger charge is -2.25. The number of rotatable bonds is 3. The first-order valence-electron chi connectivity index (χ1n) is 6.42. The Kier molecular flexibility index (Phi) is 4.17. The number of nitro groups is 1. The van der Waals surface area contributed by atoms with Gasteiger partial charge in [0.05, 0.1) is 23.1 Å². The zero-order chi connectivity index (χ0) is 15.7. The van der Waals surface area contributed by atoms with Gasteiger partial charge in [0, 0.05) is 18.7 Å². The number of benzene rings is 1. The third-order valence-corrected chi connectivity index (χ3v) is 3.79. The summed E-state index contributed by atoms with van der Waals surface area (Å²) >= 11 is 0. The van der Waals surface area contributed by atoms with E-state index >= 15 is 0 Å². The quantitative estimate of drug-likeness (QED) is 0.680. The first-order chi connectivity index (χ1) is 9.86. The molecule has 114 valence electrons. The highest BCUT2D eigenvalue weighted by atomic mass is 19.1. The average Bonchev–Trinajstić information content (AvgIpc) is 2.78. The molecule has 1 heterocycles. The molecule has 2 atom stereocenters.